The minimum absolute atomic E-state index is 0.711. The Morgan fingerprint density at radius 2 is 1.76 bits per heavy atom. The quantitative estimate of drug-likeness (QED) is 0.281. The van der Waals surface area contributed by atoms with Gasteiger partial charge >= 0.3 is 0 Å². The van der Waals surface area contributed by atoms with Gasteiger partial charge in [-0.1, -0.05) is 49.2 Å². The van der Waals surface area contributed by atoms with Crippen molar-refractivity contribution in [2.75, 3.05) is 0 Å². The molecule has 0 amide bonds. The molecule has 1 aliphatic carbocycles. The molecular weight excluding hydrogens is 304 g/mol. The average molecular weight is 325 g/mol. The fourth-order valence-electron chi connectivity index (χ4n) is 6.34. The van der Waals surface area contributed by atoms with Gasteiger partial charge in [0.15, 0.2) is 5.69 Å². The van der Waals surface area contributed by atoms with Crippen LogP contribution in [0.25, 0.3) is 27.3 Å². The second-order valence-corrected chi connectivity index (χ2v) is 8.30. The summed E-state index contributed by atoms with van der Waals surface area (Å²) >= 11 is 0. The number of aromatic nitrogens is 2. The highest BCUT2D eigenvalue weighted by Gasteiger charge is 2.44. The molecule has 1 fully saturated rings. The third-order valence-corrected chi connectivity index (χ3v) is 7.28. The Kier molecular flexibility index (Phi) is 2.10. The Morgan fingerprint density at radius 1 is 0.960 bits per heavy atom. The Morgan fingerprint density at radius 3 is 2.68 bits per heavy atom. The number of pyridine rings is 1. The van der Waals surface area contributed by atoms with Gasteiger partial charge in [0, 0.05) is 34.7 Å². The number of para-hydroxylation sites is 1. The van der Waals surface area contributed by atoms with E-state index in [9.17, 15) is 0 Å². The minimum atomic E-state index is 0.711. The van der Waals surface area contributed by atoms with Crippen LogP contribution in [0.3, 0.4) is 0 Å². The van der Waals surface area contributed by atoms with Crippen molar-refractivity contribution < 1.29 is 4.40 Å². The van der Waals surface area contributed by atoms with Crippen LogP contribution in [0.2, 0.25) is 0 Å². The molecule has 2 atom stereocenters. The molecular formula is C23H21N2+. The van der Waals surface area contributed by atoms with E-state index in [0.29, 0.717) is 5.92 Å². The summed E-state index contributed by atoms with van der Waals surface area (Å²) in [6, 6.07) is 14.0. The SMILES string of the molecule is Cc1c2[n+]3c4c(cccc4c4cccc5c4c3n1C5)C1CCCCC21. The molecule has 3 aliphatic rings. The highest BCUT2D eigenvalue weighted by atomic mass is 15.2. The molecule has 0 N–H and O–H groups in total. The first-order valence-electron chi connectivity index (χ1n) is 9.75. The van der Waals surface area contributed by atoms with E-state index < -0.39 is 0 Å². The summed E-state index contributed by atoms with van der Waals surface area (Å²) in [4.78, 5) is 0. The largest absolute Gasteiger partial charge is 0.295 e. The molecule has 2 aromatic carbocycles. The molecule has 4 aromatic rings. The second-order valence-electron chi connectivity index (χ2n) is 8.30. The number of rotatable bonds is 0. The first-order valence-corrected chi connectivity index (χ1v) is 9.75. The summed E-state index contributed by atoms with van der Waals surface area (Å²) in [6.07, 6.45) is 5.48. The van der Waals surface area contributed by atoms with Gasteiger partial charge in [0.25, 0.3) is 5.65 Å². The van der Waals surface area contributed by atoms with E-state index >= 15 is 0 Å². The predicted molar refractivity (Wildman–Crippen MR) is 100 cm³/mol. The van der Waals surface area contributed by atoms with Crippen LogP contribution in [-0.2, 0) is 6.54 Å². The number of benzene rings is 2. The predicted octanol–water partition coefficient (Wildman–Crippen LogP) is 4.96. The molecule has 0 bridgehead atoms. The van der Waals surface area contributed by atoms with Gasteiger partial charge in [-0.2, -0.15) is 4.40 Å². The van der Waals surface area contributed by atoms with E-state index in [1.807, 2.05) is 0 Å². The van der Waals surface area contributed by atoms with Crippen LogP contribution in [-0.4, -0.2) is 4.57 Å². The van der Waals surface area contributed by atoms with Gasteiger partial charge in [-0.15, -0.1) is 0 Å². The van der Waals surface area contributed by atoms with E-state index in [2.05, 4.69) is 52.3 Å². The Bertz CT molecular complexity index is 1240. The maximum absolute atomic E-state index is 2.67. The van der Waals surface area contributed by atoms with E-state index in [-0.39, 0.29) is 0 Å². The van der Waals surface area contributed by atoms with Gasteiger partial charge in [0.2, 0.25) is 0 Å². The highest BCUT2D eigenvalue weighted by Crippen LogP contribution is 2.50. The summed E-state index contributed by atoms with van der Waals surface area (Å²) in [5, 5.41) is 4.40. The fourth-order valence-corrected chi connectivity index (χ4v) is 6.34. The zero-order valence-corrected chi connectivity index (χ0v) is 14.5. The normalized spacial score (nSPS) is 23.4. The van der Waals surface area contributed by atoms with Gasteiger partial charge in [-0.3, -0.25) is 0 Å². The molecule has 4 heterocycles. The third-order valence-electron chi connectivity index (χ3n) is 7.28. The van der Waals surface area contributed by atoms with Crippen molar-refractivity contribution in [1.82, 2.24) is 4.57 Å². The van der Waals surface area contributed by atoms with Gasteiger partial charge < -0.3 is 0 Å². The molecule has 0 spiro atoms. The van der Waals surface area contributed by atoms with Crippen molar-refractivity contribution in [3.63, 3.8) is 0 Å². The van der Waals surface area contributed by atoms with Crippen molar-refractivity contribution in [1.29, 1.82) is 0 Å². The molecule has 2 heteroatoms. The lowest BCUT2D eigenvalue weighted by Crippen LogP contribution is -2.37. The molecule has 0 saturated heterocycles. The summed E-state index contributed by atoms with van der Waals surface area (Å²) in [5.41, 5.74) is 9.20. The summed E-state index contributed by atoms with van der Waals surface area (Å²) in [7, 11) is 0. The number of fused-ring (bicyclic) bond motifs is 4. The Hall–Kier alpha value is -2.35. The van der Waals surface area contributed by atoms with Crippen LogP contribution in [0, 0.1) is 6.92 Å². The van der Waals surface area contributed by atoms with Crippen molar-refractivity contribution in [3.05, 3.63) is 58.9 Å². The smallest absolute Gasteiger partial charge is 0.222 e. The lowest BCUT2D eigenvalue weighted by Gasteiger charge is -2.34. The molecule has 25 heavy (non-hydrogen) atoms. The van der Waals surface area contributed by atoms with E-state index in [1.165, 1.54) is 64.3 Å². The van der Waals surface area contributed by atoms with E-state index in [0.717, 1.165) is 12.5 Å². The summed E-state index contributed by atoms with van der Waals surface area (Å²) < 4.78 is 5.27. The molecule has 2 aliphatic heterocycles. The van der Waals surface area contributed by atoms with Crippen LogP contribution in [0.5, 0.6) is 0 Å². The lowest BCUT2D eigenvalue weighted by molar-refractivity contribution is -0.495. The Labute approximate surface area is 146 Å². The zero-order chi connectivity index (χ0) is 16.3. The third kappa shape index (κ3) is 1.29. The molecule has 1 saturated carbocycles. The maximum atomic E-state index is 2.67. The van der Waals surface area contributed by atoms with Gasteiger partial charge in [-0.25, -0.2) is 4.57 Å². The van der Waals surface area contributed by atoms with Gasteiger partial charge in [-0.05, 0) is 18.8 Å². The van der Waals surface area contributed by atoms with Crippen molar-refractivity contribution >= 4 is 27.3 Å². The minimum Gasteiger partial charge on any atom is -0.222 e. The number of hydrogen-bond donors (Lipinski definition) is 0. The van der Waals surface area contributed by atoms with E-state index in [4.69, 9.17) is 0 Å². The van der Waals surface area contributed by atoms with Crippen LogP contribution in [0.1, 0.15) is 60.0 Å². The first-order chi connectivity index (χ1) is 12.3. The summed E-state index contributed by atoms with van der Waals surface area (Å²) in [5.74, 6) is 1.43. The molecule has 2 aromatic heterocycles. The molecule has 2 unspecified atom stereocenters. The standard InChI is InChI=1S/C23H21N2/c1-13-21-17-8-3-2-7-15(17)18-10-5-11-19-16-9-4-6-14-12-24(13)23(20(14)16)25(21)22(18)19/h4-6,9-11,15,17H,2-3,7-8,12H2,1H3/q+1. The first kappa shape index (κ1) is 12.9. The average Bonchev–Trinajstić information content (AvgIpc) is 3.18. The van der Waals surface area contributed by atoms with Crippen LogP contribution >= 0.6 is 0 Å². The second kappa shape index (κ2) is 4.07. The van der Waals surface area contributed by atoms with Gasteiger partial charge in [0.1, 0.15) is 17.8 Å². The van der Waals surface area contributed by atoms with Crippen LogP contribution in [0.4, 0.5) is 0 Å². The van der Waals surface area contributed by atoms with Crippen LogP contribution < -0.4 is 4.40 Å². The number of hydrogen-bond acceptors (Lipinski definition) is 0. The van der Waals surface area contributed by atoms with Crippen molar-refractivity contribution in [3.8, 4) is 0 Å². The van der Waals surface area contributed by atoms with Gasteiger partial charge in [0.05, 0.1) is 5.39 Å². The molecule has 7 rings (SSSR count). The maximum Gasteiger partial charge on any atom is 0.295 e. The molecule has 122 valence electrons. The topological polar surface area (TPSA) is 9.03 Å². The van der Waals surface area contributed by atoms with Crippen molar-refractivity contribution in [2.24, 2.45) is 0 Å². The monoisotopic (exact) mass is 325 g/mol. The molecule has 0 radical (unpaired) electrons. The fraction of sp³-hybridized carbons (Fsp3) is 0.348. The highest BCUT2D eigenvalue weighted by molar-refractivity contribution is 6.12. The lowest BCUT2D eigenvalue weighted by atomic mass is 9.71. The zero-order valence-electron chi connectivity index (χ0n) is 14.5. The van der Waals surface area contributed by atoms with Crippen LogP contribution in [0.15, 0.2) is 36.4 Å². The summed E-state index contributed by atoms with van der Waals surface area (Å²) in [6.45, 7) is 3.41. The van der Waals surface area contributed by atoms with E-state index in [1.54, 1.807) is 11.3 Å². The molecule has 2 nitrogen and oxygen atoms in total. The Balaban J connectivity index is 1.85. The number of nitrogens with zero attached hydrogens (tertiary/aromatic N) is 2. The van der Waals surface area contributed by atoms with Crippen molar-refractivity contribution in [2.45, 2.75) is 51.0 Å². The number of imidazole rings is 1.